The molecule has 2 N–H and O–H groups in total. The first kappa shape index (κ1) is 14.3. The highest BCUT2D eigenvalue weighted by atomic mass is 19.3. The maximum atomic E-state index is 12.0. The fourth-order valence-corrected chi connectivity index (χ4v) is 1.66. The molecule has 0 saturated heterocycles. The van der Waals surface area contributed by atoms with Crippen LogP contribution in [0.2, 0.25) is 0 Å². The number of hydrogen-bond acceptors (Lipinski definition) is 4. The van der Waals surface area contributed by atoms with Crippen LogP contribution in [0.1, 0.15) is 0 Å². The number of benzene rings is 1. The Bertz CT molecular complexity index is 529. The Morgan fingerprint density at radius 1 is 1.30 bits per heavy atom. The molecule has 0 unspecified atom stereocenters. The van der Waals surface area contributed by atoms with Gasteiger partial charge in [-0.3, -0.25) is 5.10 Å². The number of H-pyrrole nitrogens is 1. The number of nitrogens with one attached hydrogen (secondary N) is 2. The molecule has 2 aromatic rings. The number of anilines is 1. The van der Waals surface area contributed by atoms with Crippen molar-refractivity contribution in [1.29, 1.82) is 0 Å². The predicted octanol–water partition coefficient (Wildman–Crippen LogP) is 2.74. The van der Waals surface area contributed by atoms with E-state index in [9.17, 15) is 8.78 Å². The molecule has 0 aliphatic carbocycles. The second-order valence-corrected chi connectivity index (χ2v) is 3.99. The van der Waals surface area contributed by atoms with Gasteiger partial charge in [0.1, 0.15) is 11.6 Å². The van der Waals surface area contributed by atoms with Gasteiger partial charge >= 0.3 is 6.61 Å². The molecule has 0 saturated carbocycles. The van der Waals surface area contributed by atoms with Gasteiger partial charge in [-0.1, -0.05) is 0 Å². The van der Waals surface area contributed by atoms with Crippen molar-refractivity contribution >= 4 is 5.82 Å². The number of aromatic nitrogens is 2. The summed E-state index contributed by atoms with van der Waals surface area (Å²) in [6.45, 7) is -1.58. The molecular formula is C13H15F2N3O2. The number of nitrogens with zero attached hydrogens (tertiary/aromatic N) is 1. The third-order valence-corrected chi connectivity index (χ3v) is 2.58. The van der Waals surface area contributed by atoms with E-state index in [1.165, 1.54) is 12.1 Å². The Morgan fingerprint density at radius 2 is 2.05 bits per heavy atom. The van der Waals surface area contributed by atoms with Gasteiger partial charge in [0.05, 0.1) is 12.3 Å². The molecule has 1 aromatic heterocycles. The molecular weight excluding hydrogens is 268 g/mol. The number of aromatic amines is 1. The van der Waals surface area contributed by atoms with Gasteiger partial charge in [-0.25, -0.2) is 0 Å². The van der Waals surface area contributed by atoms with Crippen molar-refractivity contribution in [2.24, 2.45) is 0 Å². The second-order valence-electron chi connectivity index (χ2n) is 3.99. The number of rotatable bonds is 7. The standard InChI is InChI=1S/C13H15F2N3O2/c1-19-7-6-16-12-8-11(17-18-12)9-2-4-10(5-3-9)20-13(14)15/h2-5,8,13H,6-7H2,1H3,(H2,16,17,18). The summed E-state index contributed by atoms with van der Waals surface area (Å²) in [5.74, 6) is 0.826. The lowest BCUT2D eigenvalue weighted by molar-refractivity contribution is -0.0498. The molecule has 2 rings (SSSR count). The molecule has 0 bridgehead atoms. The van der Waals surface area contributed by atoms with Gasteiger partial charge in [0.25, 0.3) is 0 Å². The van der Waals surface area contributed by atoms with Crippen molar-refractivity contribution in [3.63, 3.8) is 0 Å². The zero-order chi connectivity index (χ0) is 14.4. The normalized spacial score (nSPS) is 10.8. The minimum absolute atomic E-state index is 0.127. The fourth-order valence-electron chi connectivity index (χ4n) is 1.66. The average Bonchev–Trinajstić information content (AvgIpc) is 2.88. The third-order valence-electron chi connectivity index (χ3n) is 2.58. The average molecular weight is 283 g/mol. The van der Waals surface area contributed by atoms with Crippen LogP contribution in [0.25, 0.3) is 11.3 Å². The molecule has 108 valence electrons. The minimum atomic E-state index is -2.82. The van der Waals surface area contributed by atoms with E-state index in [2.05, 4.69) is 20.3 Å². The Labute approximate surface area is 114 Å². The SMILES string of the molecule is COCCNc1cc(-c2ccc(OC(F)F)cc2)[nH]n1. The first-order chi connectivity index (χ1) is 9.69. The van der Waals surface area contributed by atoms with Gasteiger partial charge in [0, 0.05) is 19.7 Å². The highest BCUT2D eigenvalue weighted by molar-refractivity contribution is 5.63. The van der Waals surface area contributed by atoms with E-state index in [-0.39, 0.29) is 5.75 Å². The lowest BCUT2D eigenvalue weighted by Crippen LogP contribution is -2.07. The smallest absolute Gasteiger partial charge is 0.387 e. The molecule has 7 heteroatoms. The molecule has 0 fully saturated rings. The minimum Gasteiger partial charge on any atom is -0.435 e. The van der Waals surface area contributed by atoms with Gasteiger partial charge in [-0.15, -0.1) is 0 Å². The van der Waals surface area contributed by atoms with Crippen molar-refractivity contribution in [1.82, 2.24) is 10.2 Å². The summed E-state index contributed by atoms with van der Waals surface area (Å²) >= 11 is 0. The fraction of sp³-hybridized carbons (Fsp3) is 0.308. The summed E-state index contributed by atoms with van der Waals surface area (Å²) in [7, 11) is 1.63. The number of methoxy groups -OCH3 is 1. The Morgan fingerprint density at radius 3 is 2.70 bits per heavy atom. The molecule has 0 spiro atoms. The van der Waals surface area contributed by atoms with E-state index in [4.69, 9.17) is 4.74 Å². The molecule has 0 atom stereocenters. The van der Waals surface area contributed by atoms with Crippen molar-refractivity contribution in [2.75, 3.05) is 25.6 Å². The molecule has 1 aromatic carbocycles. The largest absolute Gasteiger partial charge is 0.435 e. The summed E-state index contributed by atoms with van der Waals surface area (Å²) in [6, 6.07) is 8.17. The summed E-state index contributed by atoms with van der Waals surface area (Å²) in [5, 5.41) is 10.0. The molecule has 20 heavy (non-hydrogen) atoms. The lowest BCUT2D eigenvalue weighted by Gasteiger charge is -2.04. The first-order valence-corrected chi connectivity index (χ1v) is 6.02. The third kappa shape index (κ3) is 3.92. The second kappa shape index (κ2) is 6.85. The summed E-state index contributed by atoms with van der Waals surface area (Å²) in [4.78, 5) is 0. The van der Waals surface area contributed by atoms with Gasteiger partial charge in [-0.05, 0) is 29.8 Å². The van der Waals surface area contributed by atoms with E-state index in [0.717, 1.165) is 11.3 Å². The van der Waals surface area contributed by atoms with Gasteiger partial charge in [0.2, 0.25) is 0 Å². The molecule has 5 nitrogen and oxygen atoms in total. The zero-order valence-electron chi connectivity index (χ0n) is 10.9. The van der Waals surface area contributed by atoms with E-state index < -0.39 is 6.61 Å². The van der Waals surface area contributed by atoms with Crippen LogP contribution in [0.5, 0.6) is 5.75 Å². The molecule has 0 amide bonds. The van der Waals surface area contributed by atoms with Crippen LogP contribution in [-0.2, 0) is 4.74 Å². The highest BCUT2D eigenvalue weighted by Crippen LogP contribution is 2.23. The molecule has 1 heterocycles. The van der Waals surface area contributed by atoms with E-state index in [0.29, 0.717) is 19.0 Å². The van der Waals surface area contributed by atoms with Crippen molar-refractivity contribution in [2.45, 2.75) is 6.61 Å². The van der Waals surface area contributed by atoms with E-state index in [1.54, 1.807) is 19.2 Å². The number of halogens is 2. The highest BCUT2D eigenvalue weighted by Gasteiger charge is 2.06. The zero-order valence-corrected chi connectivity index (χ0v) is 10.9. The summed E-state index contributed by atoms with van der Waals surface area (Å²) < 4.78 is 33.3. The van der Waals surface area contributed by atoms with Gasteiger partial charge in [-0.2, -0.15) is 13.9 Å². The van der Waals surface area contributed by atoms with E-state index >= 15 is 0 Å². The maximum Gasteiger partial charge on any atom is 0.387 e. The molecule has 0 aliphatic rings. The van der Waals surface area contributed by atoms with Crippen LogP contribution in [-0.4, -0.2) is 37.1 Å². The van der Waals surface area contributed by atoms with Crippen LogP contribution in [0.3, 0.4) is 0 Å². The van der Waals surface area contributed by atoms with Crippen molar-refractivity contribution in [3.05, 3.63) is 30.3 Å². The summed E-state index contributed by atoms with van der Waals surface area (Å²) in [6.07, 6.45) is 0. The van der Waals surface area contributed by atoms with Crippen LogP contribution < -0.4 is 10.1 Å². The number of ether oxygens (including phenoxy) is 2. The Hall–Kier alpha value is -2.15. The molecule has 0 radical (unpaired) electrons. The summed E-state index contributed by atoms with van der Waals surface area (Å²) in [5.41, 5.74) is 1.62. The van der Waals surface area contributed by atoms with Crippen LogP contribution in [0.15, 0.2) is 30.3 Å². The first-order valence-electron chi connectivity index (χ1n) is 6.02. The van der Waals surface area contributed by atoms with Gasteiger partial charge in [0.15, 0.2) is 0 Å². The number of hydrogen-bond donors (Lipinski definition) is 2. The van der Waals surface area contributed by atoms with Crippen molar-refractivity contribution < 1.29 is 18.3 Å². The quantitative estimate of drug-likeness (QED) is 0.767. The molecule has 0 aliphatic heterocycles. The Balaban J connectivity index is 2.00. The lowest BCUT2D eigenvalue weighted by atomic mass is 10.1. The van der Waals surface area contributed by atoms with E-state index in [1.807, 2.05) is 6.07 Å². The Kier molecular flexibility index (Phi) is 4.89. The van der Waals surface area contributed by atoms with Crippen LogP contribution >= 0.6 is 0 Å². The van der Waals surface area contributed by atoms with Crippen molar-refractivity contribution in [3.8, 4) is 17.0 Å². The van der Waals surface area contributed by atoms with Crippen LogP contribution in [0, 0.1) is 0 Å². The topological polar surface area (TPSA) is 59.2 Å². The van der Waals surface area contributed by atoms with Crippen LogP contribution in [0.4, 0.5) is 14.6 Å². The van der Waals surface area contributed by atoms with Gasteiger partial charge < -0.3 is 14.8 Å². The predicted molar refractivity (Wildman–Crippen MR) is 71.0 cm³/mol. The number of alkyl halides is 2. The maximum absolute atomic E-state index is 12.0. The monoisotopic (exact) mass is 283 g/mol.